The topological polar surface area (TPSA) is 84.9 Å². The summed E-state index contributed by atoms with van der Waals surface area (Å²) in [4.78, 5) is 19.6. The van der Waals surface area contributed by atoms with Crippen molar-refractivity contribution >= 4 is 38.0 Å². The number of halogens is 1. The molecule has 0 saturated heterocycles. The minimum absolute atomic E-state index is 0.210. The third kappa shape index (κ3) is 2.36. The normalized spacial score (nSPS) is 12.8. The number of H-pyrrole nitrogens is 1. The van der Waals surface area contributed by atoms with Gasteiger partial charge in [-0.1, -0.05) is 46.3 Å². The Kier molecular flexibility index (Phi) is 3.28. The van der Waals surface area contributed by atoms with Gasteiger partial charge in [0.25, 0.3) is 5.56 Å². The molecule has 0 amide bonds. The van der Waals surface area contributed by atoms with Gasteiger partial charge >= 0.3 is 0 Å². The third-order valence-electron chi connectivity index (χ3n) is 3.76. The van der Waals surface area contributed by atoms with Crippen LogP contribution in [0.1, 0.15) is 17.4 Å². The molecule has 0 aliphatic heterocycles. The maximum Gasteiger partial charge on any atom is 0.294 e. The van der Waals surface area contributed by atoms with Crippen LogP contribution in [-0.2, 0) is 0 Å². The zero-order valence-electron chi connectivity index (χ0n) is 11.9. The van der Waals surface area contributed by atoms with E-state index in [4.69, 9.17) is 10.2 Å². The highest BCUT2D eigenvalue weighted by Crippen LogP contribution is 2.28. The van der Waals surface area contributed by atoms with E-state index >= 15 is 0 Å². The third-order valence-corrected chi connectivity index (χ3v) is 4.25. The average molecular weight is 370 g/mol. The second-order valence-corrected chi connectivity index (χ2v) is 6.18. The predicted molar refractivity (Wildman–Crippen MR) is 92.3 cm³/mol. The van der Waals surface area contributed by atoms with Gasteiger partial charge in [0, 0.05) is 9.86 Å². The quantitative estimate of drug-likeness (QED) is 0.566. The molecule has 0 bridgehead atoms. The van der Waals surface area contributed by atoms with E-state index in [0.29, 0.717) is 16.9 Å². The molecule has 0 fully saturated rings. The van der Waals surface area contributed by atoms with Gasteiger partial charge in [0.1, 0.15) is 16.9 Å². The van der Waals surface area contributed by atoms with E-state index in [2.05, 4.69) is 25.9 Å². The lowest BCUT2D eigenvalue weighted by Gasteiger charge is -2.10. The summed E-state index contributed by atoms with van der Waals surface area (Å²) in [5, 5.41) is 0.780. The van der Waals surface area contributed by atoms with E-state index in [-0.39, 0.29) is 11.1 Å². The molecule has 5 nitrogen and oxygen atoms in total. The summed E-state index contributed by atoms with van der Waals surface area (Å²) in [5.74, 6) is 0.413. The lowest BCUT2D eigenvalue weighted by atomic mass is 10.1. The van der Waals surface area contributed by atoms with Crippen LogP contribution in [0, 0.1) is 0 Å². The van der Waals surface area contributed by atoms with Crippen molar-refractivity contribution in [3.8, 4) is 0 Å². The van der Waals surface area contributed by atoms with Crippen LogP contribution in [0.5, 0.6) is 0 Å². The molecular weight excluding hydrogens is 358 g/mol. The standard InChI is InChI=1S/C17H12BrN3O2/c18-10-6-7-12-11(8-10)14-15(23-12)17(22)21-16(20-14)13(19)9-4-2-1-3-5-9/h1-8,13H,19H2,(H,20,21,22). The van der Waals surface area contributed by atoms with E-state index in [1.165, 1.54) is 0 Å². The number of rotatable bonds is 2. The van der Waals surface area contributed by atoms with Crippen LogP contribution in [0.25, 0.3) is 22.1 Å². The molecule has 0 radical (unpaired) electrons. The molecule has 3 N–H and O–H groups in total. The van der Waals surface area contributed by atoms with Gasteiger partial charge in [0.15, 0.2) is 0 Å². The summed E-state index contributed by atoms with van der Waals surface area (Å²) in [7, 11) is 0. The molecule has 2 aromatic heterocycles. The van der Waals surface area contributed by atoms with Crippen molar-refractivity contribution in [3.05, 3.63) is 74.7 Å². The Labute approximate surface area is 139 Å². The average Bonchev–Trinajstić information content (AvgIpc) is 2.93. The summed E-state index contributed by atoms with van der Waals surface area (Å²) in [6, 6.07) is 14.5. The lowest BCUT2D eigenvalue weighted by molar-refractivity contribution is 0.657. The molecule has 0 spiro atoms. The smallest absolute Gasteiger partial charge is 0.294 e. The fourth-order valence-electron chi connectivity index (χ4n) is 2.61. The number of hydrogen-bond donors (Lipinski definition) is 2. The Hall–Kier alpha value is -2.44. The molecule has 2 aromatic carbocycles. The number of aromatic nitrogens is 2. The number of aromatic amines is 1. The van der Waals surface area contributed by atoms with Crippen LogP contribution in [0.2, 0.25) is 0 Å². The largest absolute Gasteiger partial charge is 0.449 e. The first-order chi connectivity index (χ1) is 11.1. The molecule has 6 heteroatoms. The maximum atomic E-state index is 12.3. The predicted octanol–water partition coefficient (Wildman–Crippen LogP) is 3.48. The van der Waals surface area contributed by atoms with Crippen LogP contribution < -0.4 is 11.3 Å². The number of benzene rings is 2. The monoisotopic (exact) mass is 369 g/mol. The van der Waals surface area contributed by atoms with E-state index in [1.54, 1.807) is 6.07 Å². The van der Waals surface area contributed by atoms with E-state index in [0.717, 1.165) is 15.4 Å². The van der Waals surface area contributed by atoms with Crippen LogP contribution >= 0.6 is 15.9 Å². The Balaban J connectivity index is 1.97. The van der Waals surface area contributed by atoms with Crippen molar-refractivity contribution < 1.29 is 4.42 Å². The van der Waals surface area contributed by atoms with Gasteiger partial charge in [-0.05, 0) is 23.8 Å². The van der Waals surface area contributed by atoms with Gasteiger partial charge in [-0.15, -0.1) is 0 Å². The number of furan rings is 1. The second kappa shape index (κ2) is 5.33. The molecule has 2 heterocycles. The lowest BCUT2D eigenvalue weighted by Crippen LogP contribution is -2.20. The van der Waals surface area contributed by atoms with Gasteiger partial charge < -0.3 is 15.1 Å². The first-order valence-corrected chi connectivity index (χ1v) is 7.85. The molecule has 1 atom stereocenters. The van der Waals surface area contributed by atoms with E-state index in [9.17, 15) is 4.79 Å². The Morgan fingerprint density at radius 1 is 1.17 bits per heavy atom. The fraction of sp³-hybridized carbons (Fsp3) is 0.0588. The van der Waals surface area contributed by atoms with Crippen molar-refractivity contribution in [3.63, 3.8) is 0 Å². The van der Waals surface area contributed by atoms with Crippen molar-refractivity contribution in [2.75, 3.05) is 0 Å². The zero-order chi connectivity index (χ0) is 16.0. The Morgan fingerprint density at radius 3 is 2.74 bits per heavy atom. The van der Waals surface area contributed by atoms with Gasteiger partial charge in [-0.2, -0.15) is 0 Å². The first-order valence-electron chi connectivity index (χ1n) is 7.06. The molecule has 0 aliphatic rings. The van der Waals surface area contributed by atoms with Crippen molar-refractivity contribution in [1.29, 1.82) is 0 Å². The van der Waals surface area contributed by atoms with Gasteiger partial charge in [-0.3, -0.25) is 4.79 Å². The minimum atomic E-state index is -0.509. The molecular formula is C17H12BrN3O2. The summed E-state index contributed by atoms with van der Waals surface area (Å²) in [5.41, 5.74) is 8.14. The highest BCUT2D eigenvalue weighted by Gasteiger charge is 2.17. The Morgan fingerprint density at radius 2 is 1.96 bits per heavy atom. The second-order valence-electron chi connectivity index (χ2n) is 5.26. The zero-order valence-corrected chi connectivity index (χ0v) is 13.5. The summed E-state index contributed by atoms with van der Waals surface area (Å²) >= 11 is 3.43. The summed E-state index contributed by atoms with van der Waals surface area (Å²) in [6.07, 6.45) is 0. The van der Waals surface area contributed by atoms with Crippen LogP contribution in [-0.4, -0.2) is 9.97 Å². The van der Waals surface area contributed by atoms with E-state index < -0.39 is 6.04 Å². The van der Waals surface area contributed by atoms with Crippen LogP contribution in [0.3, 0.4) is 0 Å². The van der Waals surface area contributed by atoms with Gasteiger partial charge in [0.05, 0.1) is 6.04 Å². The van der Waals surface area contributed by atoms with Crippen LogP contribution in [0.4, 0.5) is 0 Å². The molecule has 1 unspecified atom stereocenters. The molecule has 23 heavy (non-hydrogen) atoms. The van der Waals surface area contributed by atoms with Gasteiger partial charge in [0.2, 0.25) is 5.58 Å². The number of nitrogens with one attached hydrogen (secondary N) is 1. The first kappa shape index (κ1) is 14.2. The van der Waals surface area contributed by atoms with Gasteiger partial charge in [-0.25, -0.2) is 4.98 Å². The number of hydrogen-bond acceptors (Lipinski definition) is 4. The molecule has 114 valence electrons. The minimum Gasteiger partial charge on any atom is -0.449 e. The maximum absolute atomic E-state index is 12.3. The highest BCUT2D eigenvalue weighted by molar-refractivity contribution is 9.10. The van der Waals surface area contributed by atoms with Crippen molar-refractivity contribution in [2.24, 2.45) is 5.73 Å². The summed E-state index contributed by atoms with van der Waals surface area (Å²) in [6.45, 7) is 0. The molecule has 4 rings (SSSR count). The summed E-state index contributed by atoms with van der Waals surface area (Å²) < 4.78 is 6.50. The fourth-order valence-corrected chi connectivity index (χ4v) is 2.97. The van der Waals surface area contributed by atoms with Crippen molar-refractivity contribution in [1.82, 2.24) is 9.97 Å². The van der Waals surface area contributed by atoms with E-state index in [1.807, 2.05) is 42.5 Å². The number of fused-ring (bicyclic) bond motifs is 3. The van der Waals surface area contributed by atoms with Crippen LogP contribution in [0.15, 0.2) is 62.2 Å². The SMILES string of the molecule is NC(c1ccccc1)c1nc2c(oc3ccc(Br)cc32)c(=O)[nH]1. The van der Waals surface area contributed by atoms with Crippen molar-refractivity contribution in [2.45, 2.75) is 6.04 Å². The molecule has 0 aliphatic carbocycles. The molecule has 0 saturated carbocycles. The Bertz CT molecular complexity index is 1070. The number of nitrogens with two attached hydrogens (primary N) is 1. The molecule has 4 aromatic rings. The highest BCUT2D eigenvalue weighted by atomic mass is 79.9. The number of nitrogens with zero attached hydrogens (tertiary/aromatic N) is 1.